The number of nitrogens with one attached hydrogen (secondary N) is 2. The second kappa shape index (κ2) is 16.8. The van der Waals surface area contributed by atoms with Crippen molar-refractivity contribution in [3.05, 3.63) is 66.2 Å². The third kappa shape index (κ3) is 10.6. The van der Waals surface area contributed by atoms with Crippen molar-refractivity contribution >= 4 is 42.6 Å². The molecule has 0 saturated carbocycles. The van der Waals surface area contributed by atoms with Crippen LogP contribution in [0.4, 0.5) is 16.3 Å². The number of alkyl carbamates (subject to hydrolysis) is 1. The van der Waals surface area contributed by atoms with Crippen LogP contribution in [0, 0.1) is 0 Å². The van der Waals surface area contributed by atoms with Crippen molar-refractivity contribution in [3.63, 3.8) is 0 Å². The van der Waals surface area contributed by atoms with E-state index in [4.69, 9.17) is 19.4 Å². The Labute approximate surface area is 314 Å². The van der Waals surface area contributed by atoms with Gasteiger partial charge in [-0.05, 0) is 107 Å². The van der Waals surface area contributed by atoms with Gasteiger partial charge < -0.3 is 29.6 Å². The van der Waals surface area contributed by atoms with Gasteiger partial charge in [0.1, 0.15) is 35.8 Å². The van der Waals surface area contributed by atoms with Gasteiger partial charge in [0.25, 0.3) is 5.91 Å². The largest absolute Gasteiger partial charge is 0.444 e. The van der Waals surface area contributed by atoms with E-state index in [0.29, 0.717) is 37.8 Å². The zero-order valence-electron chi connectivity index (χ0n) is 32.3. The average Bonchev–Trinajstić information content (AvgIpc) is 3.48. The van der Waals surface area contributed by atoms with Gasteiger partial charge in [-0.1, -0.05) is 31.8 Å². The lowest BCUT2D eigenvalue weighted by atomic mass is 10.0. The molecule has 0 bridgehead atoms. The Morgan fingerprint density at radius 2 is 1.72 bits per heavy atom. The highest BCUT2D eigenvalue weighted by Crippen LogP contribution is 2.34. The number of rotatable bonds is 12. The van der Waals surface area contributed by atoms with E-state index in [0.717, 1.165) is 72.2 Å². The van der Waals surface area contributed by atoms with Crippen LogP contribution in [-0.2, 0) is 22.7 Å². The predicted octanol–water partition coefficient (Wildman–Crippen LogP) is 7.54. The fraction of sp³-hybridized carbons (Fsp3) is 0.525. The highest BCUT2D eigenvalue weighted by molar-refractivity contribution is 6.76. The number of pyridine rings is 1. The number of anilines is 2. The van der Waals surface area contributed by atoms with Crippen LogP contribution < -0.4 is 15.5 Å². The first-order valence-electron chi connectivity index (χ1n) is 19.1. The van der Waals surface area contributed by atoms with E-state index in [1.165, 1.54) is 19.3 Å². The molecule has 0 spiro atoms. The van der Waals surface area contributed by atoms with Crippen LogP contribution in [0.15, 0.2) is 55.0 Å². The highest BCUT2D eigenvalue weighted by atomic mass is 28.3. The molecule has 2 saturated heterocycles. The number of piperidine rings is 2. The van der Waals surface area contributed by atoms with E-state index in [-0.39, 0.29) is 18.0 Å². The van der Waals surface area contributed by atoms with E-state index >= 15 is 0 Å². The normalized spacial score (nSPS) is 17.2. The molecule has 2 fully saturated rings. The van der Waals surface area contributed by atoms with Gasteiger partial charge in [-0.3, -0.25) is 14.7 Å². The lowest BCUT2D eigenvalue weighted by Gasteiger charge is -2.33. The van der Waals surface area contributed by atoms with Crippen LogP contribution >= 0.6 is 0 Å². The molecule has 0 unspecified atom stereocenters. The second-order valence-electron chi connectivity index (χ2n) is 16.6. The molecule has 2 amide bonds. The summed E-state index contributed by atoms with van der Waals surface area (Å²) in [5.74, 6) is 0.710. The molecule has 13 heteroatoms. The minimum atomic E-state index is -1.24. The molecule has 284 valence electrons. The second-order valence-corrected chi connectivity index (χ2v) is 22.2. The Morgan fingerprint density at radius 1 is 0.943 bits per heavy atom. The zero-order chi connectivity index (χ0) is 37.6. The summed E-state index contributed by atoms with van der Waals surface area (Å²) in [5, 5.41) is 7.07. The van der Waals surface area contributed by atoms with E-state index < -0.39 is 13.7 Å². The number of aromatic nitrogens is 4. The number of likely N-dealkylation sites (tertiary alicyclic amines) is 1. The van der Waals surface area contributed by atoms with Crippen molar-refractivity contribution < 1.29 is 19.1 Å². The maximum atomic E-state index is 13.4. The van der Waals surface area contributed by atoms with Gasteiger partial charge in [-0.2, -0.15) is 0 Å². The topological polar surface area (TPSA) is 127 Å². The van der Waals surface area contributed by atoms with Crippen molar-refractivity contribution in [1.82, 2.24) is 29.7 Å². The summed E-state index contributed by atoms with van der Waals surface area (Å²) >= 11 is 0. The number of hydrogen-bond donors (Lipinski definition) is 2. The molecule has 5 heterocycles. The molecule has 1 atom stereocenters. The molecular formula is C40H56N8O4Si. The Kier molecular flexibility index (Phi) is 12.2. The summed E-state index contributed by atoms with van der Waals surface area (Å²) in [5.41, 5.74) is 4.36. The van der Waals surface area contributed by atoms with Crippen LogP contribution in [0.1, 0.15) is 68.9 Å². The van der Waals surface area contributed by atoms with Crippen LogP contribution in [0.25, 0.3) is 22.3 Å². The molecular weight excluding hydrogens is 685 g/mol. The van der Waals surface area contributed by atoms with Crippen LogP contribution in [0.5, 0.6) is 0 Å². The fourth-order valence-corrected chi connectivity index (χ4v) is 7.73. The minimum Gasteiger partial charge on any atom is -0.444 e. The maximum absolute atomic E-state index is 13.4. The molecule has 53 heavy (non-hydrogen) atoms. The van der Waals surface area contributed by atoms with Crippen molar-refractivity contribution in [1.29, 1.82) is 0 Å². The van der Waals surface area contributed by atoms with Crippen molar-refractivity contribution in [2.75, 3.05) is 43.0 Å². The van der Waals surface area contributed by atoms with Crippen LogP contribution in [0.2, 0.25) is 25.7 Å². The number of amides is 2. The zero-order valence-corrected chi connectivity index (χ0v) is 33.3. The number of nitrogens with zero attached hydrogens (tertiary/aromatic N) is 6. The Bertz CT molecular complexity index is 1860. The third-order valence-electron chi connectivity index (χ3n) is 9.67. The first kappa shape index (κ1) is 38.4. The molecule has 3 aromatic heterocycles. The third-order valence-corrected chi connectivity index (χ3v) is 11.4. The monoisotopic (exact) mass is 740 g/mol. The van der Waals surface area contributed by atoms with Crippen molar-refractivity contribution in [3.8, 4) is 11.3 Å². The van der Waals surface area contributed by atoms with Gasteiger partial charge in [-0.15, -0.1) is 0 Å². The Balaban J connectivity index is 1.13. The number of ether oxygens (including phenoxy) is 2. The quantitative estimate of drug-likeness (QED) is 0.112. The van der Waals surface area contributed by atoms with E-state index in [9.17, 15) is 9.59 Å². The van der Waals surface area contributed by atoms with Gasteiger partial charge in [-0.25, -0.2) is 14.8 Å². The van der Waals surface area contributed by atoms with Gasteiger partial charge >= 0.3 is 6.09 Å². The molecule has 4 aromatic rings. The number of benzene rings is 1. The summed E-state index contributed by atoms with van der Waals surface area (Å²) in [6, 6.07) is 15.0. The van der Waals surface area contributed by atoms with Crippen LogP contribution in [0.3, 0.4) is 0 Å². The molecule has 2 N–H and O–H groups in total. The lowest BCUT2D eigenvalue weighted by molar-refractivity contribution is 0.0470. The molecule has 2 aliphatic rings. The summed E-state index contributed by atoms with van der Waals surface area (Å²) in [6.45, 7) is 18.1. The standard InChI is InChI=1S/C40H56N8O4Si/c1-40(2,3)52-39(50)45-32-11-10-18-46(26-32)25-29-16-17-41-34(23-29)38(49)44-31-14-12-30(13-15-31)35-24-33-36(47-19-8-7-9-20-47)42-27-43-37(33)48(35)28-51-21-22-53(4,5)6/h12-17,23-24,27,32H,7-11,18-22,25-26,28H2,1-6H3,(H,44,49)(H,45,50)/t32-/m1/s1. The van der Waals surface area contributed by atoms with Crippen molar-refractivity contribution in [2.24, 2.45) is 0 Å². The van der Waals surface area contributed by atoms with Crippen molar-refractivity contribution in [2.45, 2.75) is 103 Å². The molecule has 12 nitrogen and oxygen atoms in total. The molecule has 1 aromatic carbocycles. The Hall–Kier alpha value is -4.33. The van der Waals surface area contributed by atoms with Crippen LogP contribution in [-0.4, -0.2) is 88.9 Å². The smallest absolute Gasteiger partial charge is 0.407 e. The number of fused-ring (bicyclic) bond motifs is 1. The molecule has 0 radical (unpaired) electrons. The summed E-state index contributed by atoms with van der Waals surface area (Å²) < 4.78 is 13.9. The van der Waals surface area contributed by atoms with Gasteiger partial charge in [0.15, 0.2) is 0 Å². The lowest BCUT2D eigenvalue weighted by Crippen LogP contribution is -2.48. The summed E-state index contributed by atoms with van der Waals surface area (Å²) in [4.78, 5) is 44.2. The minimum absolute atomic E-state index is 0.0135. The van der Waals surface area contributed by atoms with E-state index in [2.05, 4.69) is 55.7 Å². The predicted molar refractivity (Wildman–Crippen MR) is 213 cm³/mol. The Morgan fingerprint density at radius 3 is 2.45 bits per heavy atom. The number of carbonyl (C=O) groups excluding carboxylic acids is 2. The first-order valence-corrected chi connectivity index (χ1v) is 22.8. The molecule has 0 aliphatic carbocycles. The number of carbonyl (C=O) groups is 2. The van der Waals surface area contributed by atoms with Gasteiger partial charge in [0, 0.05) is 58.8 Å². The van der Waals surface area contributed by atoms with E-state index in [1.807, 2.05) is 57.2 Å². The van der Waals surface area contributed by atoms with E-state index in [1.54, 1.807) is 12.5 Å². The average molecular weight is 741 g/mol. The van der Waals surface area contributed by atoms with Gasteiger partial charge in [0.05, 0.1) is 11.1 Å². The maximum Gasteiger partial charge on any atom is 0.407 e. The summed E-state index contributed by atoms with van der Waals surface area (Å²) in [6.07, 6.45) is 8.42. The SMILES string of the molecule is CC(C)(C)OC(=O)N[C@@H]1CCCN(Cc2ccnc(C(=O)Nc3ccc(-c4cc5c(N6CCCCC6)ncnc5n4COCC[Si](C)(C)C)cc3)c2)C1. The highest BCUT2D eigenvalue weighted by Gasteiger charge is 2.25. The first-order chi connectivity index (χ1) is 25.3. The van der Waals surface area contributed by atoms with Gasteiger partial charge in [0.2, 0.25) is 0 Å². The summed E-state index contributed by atoms with van der Waals surface area (Å²) in [7, 11) is -1.24. The molecule has 2 aliphatic heterocycles. The number of hydrogen-bond acceptors (Lipinski definition) is 9. The fourth-order valence-electron chi connectivity index (χ4n) is 6.98. The molecule has 6 rings (SSSR count).